The molecule has 1 aromatic carbocycles. The third-order valence-electron chi connectivity index (χ3n) is 2.39. The van der Waals surface area contributed by atoms with Gasteiger partial charge in [-0.1, -0.05) is 42.5 Å². The van der Waals surface area contributed by atoms with Crippen LogP contribution in [0.5, 0.6) is 0 Å². The topological polar surface area (TPSA) is 28.7 Å². The van der Waals surface area contributed by atoms with Gasteiger partial charge in [-0.25, -0.2) is 4.98 Å². The van der Waals surface area contributed by atoms with Crippen molar-refractivity contribution in [1.29, 1.82) is 0 Å². The molecule has 16 heavy (non-hydrogen) atoms. The second kappa shape index (κ2) is 4.76. The van der Waals surface area contributed by atoms with Crippen LogP contribution in [0.2, 0.25) is 0 Å². The highest BCUT2D eigenvalue weighted by Gasteiger charge is 2.06. The molecule has 1 heterocycles. The number of benzene rings is 1. The molecule has 0 bridgehead atoms. The lowest BCUT2D eigenvalue weighted by Gasteiger charge is -2.08. The van der Waals surface area contributed by atoms with Crippen LogP contribution in [0.25, 0.3) is 11.3 Å². The molecule has 0 aliphatic heterocycles. The van der Waals surface area contributed by atoms with E-state index in [4.69, 9.17) is 23.8 Å². The Morgan fingerprint density at radius 1 is 1.31 bits per heavy atom. The summed E-state index contributed by atoms with van der Waals surface area (Å²) in [6.45, 7) is 1.96. The fourth-order valence-electron chi connectivity index (χ4n) is 1.54. The molecule has 2 nitrogen and oxygen atoms in total. The minimum Gasteiger partial charge on any atom is -0.342 e. The number of H-pyrrole nitrogens is 1. The first-order chi connectivity index (χ1) is 7.72. The van der Waals surface area contributed by atoms with Gasteiger partial charge in [-0.05, 0) is 12.5 Å². The van der Waals surface area contributed by atoms with Gasteiger partial charge in [-0.3, -0.25) is 0 Å². The Balaban J connectivity index is 2.65. The molecule has 2 rings (SSSR count). The lowest BCUT2D eigenvalue weighted by molar-refractivity contribution is 1.00. The molecule has 1 aromatic heterocycles. The quantitative estimate of drug-likeness (QED) is 0.648. The molecule has 0 spiro atoms. The van der Waals surface area contributed by atoms with Gasteiger partial charge >= 0.3 is 0 Å². The largest absolute Gasteiger partial charge is 0.342 e. The Labute approximate surface area is 104 Å². The van der Waals surface area contributed by atoms with Crippen molar-refractivity contribution in [3.05, 3.63) is 46.4 Å². The summed E-state index contributed by atoms with van der Waals surface area (Å²) in [6, 6.07) is 10.0. The molecule has 1 N–H and O–H groups in total. The molecule has 0 atom stereocenters. The van der Waals surface area contributed by atoms with E-state index in [1.54, 1.807) is 0 Å². The van der Waals surface area contributed by atoms with E-state index in [2.05, 4.69) is 9.97 Å². The fraction of sp³-hybridized carbons (Fsp3) is 0.167. The van der Waals surface area contributed by atoms with E-state index in [1.807, 2.05) is 37.3 Å². The molecule has 0 aliphatic rings. The number of hydrogen-bond donors (Lipinski definition) is 1. The van der Waals surface area contributed by atoms with Gasteiger partial charge in [0, 0.05) is 5.56 Å². The molecule has 0 radical (unpaired) electrons. The van der Waals surface area contributed by atoms with Crippen LogP contribution in [0.3, 0.4) is 0 Å². The zero-order valence-corrected chi connectivity index (χ0v) is 10.4. The molecule has 0 fully saturated rings. The molecule has 82 valence electrons. The van der Waals surface area contributed by atoms with E-state index < -0.39 is 0 Å². The Morgan fingerprint density at radius 3 is 2.62 bits per heavy atom. The van der Waals surface area contributed by atoms with Crippen LogP contribution in [0, 0.1) is 11.6 Å². The van der Waals surface area contributed by atoms with Gasteiger partial charge in [0.2, 0.25) is 0 Å². The number of rotatable bonds is 2. The maximum atomic E-state index is 5.77. The lowest BCUT2D eigenvalue weighted by atomic mass is 10.1. The molecule has 0 aliphatic carbocycles. The maximum absolute atomic E-state index is 5.77. The van der Waals surface area contributed by atoms with Gasteiger partial charge in [0.1, 0.15) is 10.5 Å². The van der Waals surface area contributed by atoms with E-state index in [-0.39, 0.29) is 0 Å². The second-order valence-electron chi connectivity index (χ2n) is 3.49. The van der Waals surface area contributed by atoms with Crippen LogP contribution in [0.1, 0.15) is 11.4 Å². The number of aromatic amines is 1. The third kappa shape index (κ3) is 2.15. The number of nitrogens with zero attached hydrogens (tertiary/aromatic N) is 1. The van der Waals surface area contributed by atoms with E-state index in [0.717, 1.165) is 16.8 Å². The summed E-state index contributed by atoms with van der Waals surface area (Å²) in [7, 11) is 0. The summed E-state index contributed by atoms with van der Waals surface area (Å²) in [5.41, 5.74) is 3.08. The lowest BCUT2D eigenvalue weighted by Crippen LogP contribution is -1.98. The van der Waals surface area contributed by atoms with Crippen molar-refractivity contribution in [1.82, 2.24) is 9.97 Å². The van der Waals surface area contributed by atoms with Crippen molar-refractivity contribution in [3.8, 4) is 11.3 Å². The number of nitrogens with one attached hydrogen (secondary N) is 1. The maximum Gasteiger partial charge on any atom is 0.133 e. The zero-order valence-electron chi connectivity index (χ0n) is 8.83. The summed E-state index contributed by atoms with van der Waals surface area (Å²) in [5.74, 6) is 1.04. The van der Waals surface area contributed by atoms with E-state index >= 15 is 0 Å². The molecule has 4 heteroatoms. The Bertz CT molecular complexity index is 549. The summed E-state index contributed by atoms with van der Waals surface area (Å²) in [5, 5.41) is 0. The van der Waals surface area contributed by atoms with Crippen molar-refractivity contribution in [2.24, 2.45) is 0 Å². The highest BCUT2D eigenvalue weighted by atomic mass is 35.5. The summed E-state index contributed by atoms with van der Waals surface area (Å²) < 4.78 is 0.605. The highest BCUT2D eigenvalue weighted by Crippen LogP contribution is 2.21. The normalized spacial score (nSPS) is 10.4. The van der Waals surface area contributed by atoms with Crippen molar-refractivity contribution in [3.63, 3.8) is 0 Å². The molecule has 0 amide bonds. The minimum atomic E-state index is 0.337. The van der Waals surface area contributed by atoms with Gasteiger partial charge in [0.15, 0.2) is 0 Å². The van der Waals surface area contributed by atoms with Crippen LogP contribution in [0.15, 0.2) is 30.3 Å². The van der Waals surface area contributed by atoms with Gasteiger partial charge in [-0.2, -0.15) is 0 Å². The highest BCUT2D eigenvalue weighted by molar-refractivity contribution is 7.71. The van der Waals surface area contributed by atoms with E-state index in [9.17, 15) is 0 Å². The molecular formula is C12H11ClN2S. The van der Waals surface area contributed by atoms with Crippen LogP contribution >= 0.6 is 23.8 Å². The molecule has 2 aromatic rings. The van der Waals surface area contributed by atoms with Crippen LogP contribution in [-0.4, -0.2) is 9.97 Å². The number of halogens is 1. The average Bonchev–Trinajstić information content (AvgIpc) is 2.33. The number of aromatic nitrogens is 2. The number of hydrogen-bond acceptors (Lipinski definition) is 2. The first-order valence-corrected chi connectivity index (χ1v) is 5.88. The minimum absolute atomic E-state index is 0.337. The average molecular weight is 251 g/mol. The number of alkyl halides is 1. The summed E-state index contributed by atoms with van der Waals surface area (Å²) in [6.07, 6.45) is 0. The zero-order chi connectivity index (χ0) is 11.5. The van der Waals surface area contributed by atoms with Gasteiger partial charge in [0.25, 0.3) is 0 Å². The Morgan fingerprint density at radius 2 is 2.00 bits per heavy atom. The van der Waals surface area contributed by atoms with E-state index in [1.165, 1.54) is 0 Å². The van der Waals surface area contributed by atoms with Crippen molar-refractivity contribution in [2.75, 3.05) is 0 Å². The smallest absolute Gasteiger partial charge is 0.133 e. The standard InChI is InChI=1S/C12H11ClN2S/c1-8-11(9-5-3-2-4-6-9)14-10(7-13)15-12(8)16/h2-6H,7H2,1H3,(H,14,15,16). The van der Waals surface area contributed by atoms with Crippen LogP contribution in [0.4, 0.5) is 0 Å². The monoisotopic (exact) mass is 250 g/mol. The second-order valence-corrected chi connectivity index (χ2v) is 4.14. The molecular weight excluding hydrogens is 240 g/mol. The van der Waals surface area contributed by atoms with Gasteiger partial charge in [-0.15, -0.1) is 11.6 Å². The first-order valence-electron chi connectivity index (χ1n) is 4.93. The van der Waals surface area contributed by atoms with Gasteiger partial charge < -0.3 is 4.98 Å². The summed E-state index contributed by atoms with van der Waals surface area (Å²) >= 11 is 11.0. The van der Waals surface area contributed by atoms with Crippen molar-refractivity contribution in [2.45, 2.75) is 12.8 Å². The third-order valence-corrected chi connectivity index (χ3v) is 3.04. The molecule has 0 saturated carbocycles. The SMILES string of the molecule is Cc1c(-c2ccccc2)[nH]c(CCl)nc1=S. The fourth-order valence-corrected chi connectivity index (χ4v) is 1.87. The molecule has 0 saturated heterocycles. The Kier molecular flexibility index (Phi) is 3.36. The predicted octanol–water partition coefficient (Wildman–Crippen LogP) is 3.85. The Hall–Kier alpha value is -1.19. The van der Waals surface area contributed by atoms with Crippen LogP contribution in [-0.2, 0) is 5.88 Å². The summed E-state index contributed by atoms with van der Waals surface area (Å²) in [4.78, 5) is 7.41. The predicted molar refractivity (Wildman–Crippen MR) is 69.2 cm³/mol. The first kappa shape index (κ1) is 11.3. The van der Waals surface area contributed by atoms with Crippen molar-refractivity contribution < 1.29 is 0 Å². The van der Waals surface area contributed by atoms with Crippen LogP contribution < -0.4 is 0 Å². The van der Waals surface area contributed by atoms with Crippen molar-refractivity contribution >= 4 is 23.8 Å². The van der Waals surface area contributed by atoms with E-state index in [0.29, 0.717) is 16.3 Å². The van der Waals surface area contributed by atoms with Gasteiger partial charge in [0.05, 0.1) is 11.6 Å². The molecule has 0 unspecified atom stereocenters.